The molecule has 21 heavy (non-hydrogen) atoms. The van der Waals surface area contributed by atoms with E-state index in [0.29, 0.717) is 19.0 Å². The lowest BCUT2D eigenvalue weighted by Gasteiger charge is -2.36. The molecular weight excluding hydrogens is 264 g/mol. The molecule has 114 valence electrons. The Morgan fingerprint density at radius 3 is 2.86 bits per heavy atom. The maximum absolute atomic E-state index is 12.5. The summed E-state index contributed by atoms with van der Waals surface area (Å²) in [5, 5.41) is 12.2. The van der Waals surface area contributed by atoms with Crippen molar-refractivity contribution in [3.05, 3.63) is 35.4 Å². The number of nitrogens with zero attached hydrogens (tertiary/aromatic N) is 1. The van der Waals surface area contributed by atoms with E-state index < -0.39 is 0 Å². The van der Waals surface area contributed by atoms with E-state index in [9.17, 15) is 4.79 Å². The van der Waals surface area contributed by atoms with E-state index in [1.165, 1.54) is 11.1 Å². The third-order valence-corrected chi connectivity index (χ3v) is 4.44. The maximum Gasteiger partial charge on any atom is 0.318 e. The molecule has 2 aliphatic carbocycles. The molecule has 0 heterocycles. The summed E-state index contributed by atoms with van der Waals surface area (Å²) in [6, 6.07) is 9.00. The number of benzene rings is 1. The number of rotatable bonds is 5. The Labute approximate surface area is 126 Å². The van der Waals surface area contributed by atoms with Gasteiger partial charge in [0.2, 0.25) is 0 Å². The van der Waals surface area contributed by atoms with Crippen molar-refractivity contribution in [2.45, 2.75) is 50.6 Å². The second-order valence-corrected chi connectivity index (χ2v) is 6.10. The Balaban J connectivity index is 1.80. The summed E-state index contributed by atoms with van der Waals surface area (Å²) in [5.41, 5.74) is 2.65. The van der Waals surface area contributed by atoms with Crippen LogP contribution in [0.2, 0.25) is 0 Å². The van der Waals surface area contributed by atoms with E-state index in [2.05, 4.69) is 29.6 Å². The quantitative estimate of drug-likeness (QED) is 0.875. The molecule has 1 saturated carbocycles. The number of aryl methyl sites for hydroxylation is 1. The monoisotopic (exact) mass is 288 g/mol. The van der Waals surface area contributed by atoms with Gasteiger partial charge < -0.3 is 15.3 Å². The van der Waals surface area contributed by atoms with Crippen molar-refractivity contribution in [2.24, 2.45) is 0 Å². The number of carbonyl (C=O) groups is 1. The van der Waals surface area contributed by atoms with Crippen molar-refractivity contribution in [3.8, 4) is 0 Å². The van der Waals surface area contributed by atoms with Gasteiger partial charge in [0.05, 0.1) is 6.04 Å². The minimum atomic E-state index is 0.0349. The lowest BCUT2D eigenvalue weighted by Crippen LogP contribution is -2.44. The number of amides is 2. The molecule has 2 aliphatic rings. The van der Waals surface area contributed by atoms with Gasteiger partial charge >= 0.3 is 6.03 Å². The van der Waals surface area contributed by atoms with E-state index in [4.69, 9.17) is 5.11 Å². The molecule has 0 aromatic heterocycles. The number of urea groups is 1. The summed E-state index contributed by atoms with van der Waals surface area (Å²) in [7, 11) is 0. The highest BCUT2D eigenvalue weighted by molar-refractivity contribution is 5.75. The summed E-state index contributed by atoms with van der Waals surface area (Å²) < 4.78 is 0. The largest absolute Gasteiger partial charge is 0.396 e. The predicted molar refractivity (Wildman–Crippen MR) is 82.1 cm³/mol. The van der Waals surface area contributed by atoms with Gasteiger partial charge in [0.1, 0.15) is 0 Å². The van der Waals surface area contributed by atoms with Crippen molar-refractivity contribution in [1.82, 2.24) is 10.2 Å². The first-order chi connectivity index (χ1) is 10.3. The van der Waals surface area contributed by atoms with Gasteiger partial charge in [0.15, 0.2) is 0 Å². The fourth-order valence-electron chi connectivity index (χ4n) is 3.18. The van der Waals surface area contributed by atoms with Gasteiger partial charge in [-0.1, -0.05) is 24.3 Å². The lowest BCUT2D eigenvalue weighted by molar-refractivity contribution is 0.157. The maximum atomic E-state index is 12.5. The van der Waals surface area contributed by atoms with Crippen molar-refractivity contribution in [1.29, 1.82) is 0 Å². The molecular formula is C17H24N2O2. The van der Waals surface area contributed by atoms with E-state index in [1.54, 1.807) is 0 Å². The Morgan fingerprint density at radius 1 is 1.29 bits per heavy atom. The molecule has 0 spiro atoms. The summed E-state index contributed by atoms with van der Waals surface area (Å²) in [4.78, 5) is 14.5. The zero-order valence-corrected chi connectivity index (χ0v) is 12.4. The molecule has 1 fully saturated rings. The molecule has 3 rings (SSSR count). The summed E-state index contributed by atoms with van der Waals surface area (Å²) in [6.45, 7) is 0.746. The van der Waals surface area contributed by atoms with Crippen molar-refractivity contribution in [3.63, 3.8) is 0 Å². The van der Waals surface area contributed by atoms with Crippen LogP contribution in [0.5, 0.6) is 0 Å². The van der Waals surface area contributed by atoms with Crippen LogP contribution in [0, 0.1) is 0 Å². The van der Waals surface area contributed by atoms with Gasteiger partial charge in [0.25, 0.3) is 0 Å². The zero-order chi connectivity index (χ0) is 14.7. The molecule has 1 atom stereocenters. The summed E-state index contributed by atoms with van der Waals surface area (Å²) in [5.74, 6) is 0. The van der Waals surface area contributed by atoms with Crippen LogP contribution in [0.15, 0.2) is 24.3 Å². The number of fused-ring (bicyclic) bond motifs is 1. The average Bonchev–Trinajstić information content (AvgIpc) is 3.32. The molecule has 4 nitrogen and oxygen atoms in total. The Kier molecular flexibility index (Phi) is 4.44. The normalized spacial score (nSPS) is 20.7. The smallest absolute Gasteiger partial charge is 0.318 e. The van der Waals surface area contributed by atoms with Gasteiger partial charge in [-0.2, -0.15) is 0 Å². The van der Waals surface area contributed by atoms with Gasteiger partial charge in [-0.05, 0) is 49.7 Å². The molecule has 4 heteroatoms. The number of aliphatic hydroxyl groups is 1. The Hall–Kier alpha value is -1.55. The summed E-state index contributed by atoms with van der Waals surface area (Å²) in [6.07, 6.45) is 6.07. The number of nitrogens with one attached hydrogen (secondary N) is 1. The van der Waals surface area contributed by atoms with Gasteiger partial charge in [0, 0.05) is 19.2 Å². The fraction of sp³-hybridized carbons (Fsp3) is 0.588. The standard InChI is InChI=1S/C17H24N2O2/c20-12-4-11-19(17(21)18-14-9-10-14)16-8-3-6-13-5-1-2-7-15(13)16/h1-2,5,7,14,16,20H,3-4,6,8-12H2,(H,18,21). The molecule has 0 aliphatic heterocycles. The Morgan fingerprint density at radius 2 is 2.10 bits per heavy atom. The van der Waals surface area contributed by atoms with E-state index in [0.717, 1.165) is 32.1 Å². The molecule has 0 radical (unpaired) electrons. The topological polar surface area (TPSA) is 52.6 Å². The number of hydrogen-bond donors (Lipinski definition) is 2. The molecule has 1 aromatic carbocycles. The molecule has 1 aromatic rings. The number of aliphatic hydroxyl groups excluding tert-OH is 1. The predicted octanol–water partition coefficient (Wildman–Crippen LogP) is 2.62. The van der Waals surface area contributed by atoms with E-state index >= 15 is 0 Å². The van der Waals surface area contributed by atoms with Crippen LogP contribution < -0.4 is 5.32 Å². The van der Waals surface area contributed by atoms with E-state index in [-0.39, 0.29) is 18.7 Å². The second-order valence-electron chi connectivity index (χ2n) is 6.10. The zero-order valence-electron chi connectivity index (χ0n) is 12.4. The molecule has 2 amide bonds. The second kappa shape index (κ2) is 6.48. The minimum absolute atomic E-state index is 0.0349. The highest BCUT2D eigenvalue weighted by Crippen LogP contribution is 2.34. The third-order valence-electron chi connectivity index (χ3n) is 4.44. The molecule has 0 saturated heterocycles. The van der Waals surface area contributed by atoms with Gasteiger partial charge in [-0.25, -0.2) is 4.79 Å². The van der Waals surface area contributed by atoms with Crippen LogP contribution in [-0.4, -0.2) is 35.2 Å². The SMILES string of the molecule is O=C(NC1CC1)N(CCCO)C1CCCc2ccccc21. The highest BCUT2D eigenvalue weighted by Gasteiger charge is 2.31. The van der Waals surface area contributed by atoms with Gasteiger partial charge in [-0.3, -0.25) is 0 Å². The first-order valence-corrected chi connectivity index (χ1v) is 8.05. The minimum Gasteiger partial charge on any atom is -0.396 e. The molecule has 1 unspecified atom stereocenters. The van der Waals surface area contributed by atoms with Crippen LogP contribution in [-0.2, 0) is 6.42 Å². The first kappa shape index (κ1) is 14.4. The summed E-state index contributed by atoms with van der Waals surface area (Å²) >= 11 is 0. The van der Waals surface area contributed by atoms with E-state index in [1.807, 2.05) is 4.90 Å². The molecule has 0 bridgehead atoms. The van der Waals surface area contributed by atoms with Crippen molar-refractivity contribution < 1.29 is 9.90 Å². The van der Waals surface area contributed by atoms with Crippen LogP contribution in [0.25, 0.3) is 0 Å². The van der Waals surface area contributed by atoms with Gasteiger partial charge in [-0.15, -0.1) is 0 Å². The highest BCUT2D eigenvalue weighted by atomic mass is 16.3. The third kappa shape index (κ3) is 3.38. The van der Waals surface area contributed by atoms with Crippen LogP contribution in [0.3, 0.4) is 0 Å². The lowest BCUT2D eigenvalue weighted by atomic mass is 9.87. The van der Waals surface area contributed by atoms with Crippen molar-refractivity contribution in [2.75, 3.05) is 13.2 Å². The Bertz CT molecular complexity index is 499. The van der Waals surface area contributed by atoms with Crippen LogP contribution >= 0.6 is 0 Å². The number of carbonyl (C=O) groups excluding carboxylic acids is 1. The fourth-order valence-corrected chi connectivity index (χ4v) is 3.18. The molecule has 2 N–H and O–H groups in total. The average molecular weight is 288 g/mol. The van der Waals surface area contributed by atoms with Crippen LogP contribution in [0.1, 0.15) is 49.3 Å². The van der Waals surface area contributed by atoms with Crippen molar-refractivity contribution >= 4 is 6.03 Å². The number of hydrogen-bond acceptors (Lipinski definition) is 2. The first-order valence-electron chi connectivity index (χ1n) is 8.05. The van der Waals surface area contributed by atoms with Crippen LogP contribution in [0.4, 0.5) is 4.79 Å².